The third-order valence-electron chi connectivity index (χ3n) is 11.4. The number of fused-ring (bicyclic) bond motifs is 8. The van der Waals surface area contributed by atoms with Crippen molar-refractivity contribution in [1.29, 1.82) is 0 Å². The van der Waals surface area contributed by atoms with Gasteiger partial charge in [-0.1, -0.05) is 126 Å². The summed E-state index contributed by atoms with van der Waals surface area (Å²) >= 11 is 0. The summed E-state index contributed by atoms with van der Waals surface area (Å²) in [6.07, 6.45) is 7.82. The van der Waals surface area contributed by atoms with Gasteiger partial charge in [0.25, 0.3) is 0 Å². The molecule has 0 saturated heterocycles. The predicted molar refractivity (Wildman–Crippen MR) is 238 cm³/mol. The number of aliphatic hydroxyl groups is 1. The van der Waals surface area contributed by atoms with Crippen LogP contribution in [0.1, 0.15) is 72.8 Å². The number of aliphatic hydroxyl groups excluding tert-OH is 1. The van der Waals surface area contributed by atoms with Crippen molar-refractivity contribution in [1.82, 2.24) is 9.55 Å². The molecule has 5 heteroatoms. The molecule has 0 unspecified atom stereocenters. The van der Waals surface area contributed by atoms with E-state index in [1.54, 1.807) is 0 Å². The first-order valence-corrected chi connectivity index (χ1v) is 20.4. The maximum atomic E-state index is 11.7. The Morgan fingerprint density at radius 1 is 0.667 bits per heavy atom. The zero-order valence-electron chi connectivity index (χ0n) is 34.0. The monoisotopic (exact) mass is 930 g/mol. The van der Waals surface area contributed by atoms with Gasteiger partial charge < -0.3 is 14.7 Å². The van der Waals surface area contributed by atoms with E-state index in [-0.39, 0.29) is 43.5 Å². The van der Waals surface area contributed by atoms with Crippen LogP contribution in [0.25, 0.3) is 71.1 Å². The number of benzene rings is 6. The standard InChI is InChI=1S/C39H29N2.C13H24O2.Ir/c1-25(2)21-26-22-28(24-29(23-26)41-37-13-7-5-11-34(37)35-12-6-8-14-38(35)41)39-36-18-17-31-30-10-4-3-9-27(30)15-16-32(31)33(36)19-20-40-39;1-5-10(6-2)12(14)9-13(15)11(7-3)8-4;/h3-20,23-25H,21H2,1-2H3;9-11,14H,5-8H2,1-4H3;/q-1;;/b;12-9-;. The average Bonchev–Trinajstić information content (AvgIpc) is 3.55. The van der Waals surface area contributed by atoms with Crippen LogP contribution in [0, 0.1) is 23.8 Å². The van der Waals surface area contributed by atoms with Gasteiger partial charge >= 0.3 is 0 Å². The first kappa shape index (κ1) is 41.5. The summed E-state index contributed by atoms with van der Waals surface area (Å²) in [5.41, 5.74) is 6.79. The van der Waals surface area contributed by atoms with Crippen LogP contribution in [-0.4, -0.2) is 20.4 Å². The molecule has 0 aliphatic rings. The second kappa shape index (κ2) is 18.4. The summed E-state index contributed by atoms with van der Waals surface area (Å²) in [4.78, 5) is 16.7. The molecule has 1 radical (unpaired) electrons. The molecule has 8 aromatic rings. The molecule has 0 fully saturated rings. The number of allylic oxidation sites excluding steroid dienone is 2. The van der Waals surface area contributed by atoms with Gasteiger partial charge in [0.05, 0.1) is 16.8 Å². The number of carbonyl (C=O) groups is 1. The summed E-state index contributed by atoms with van der Waals surface area (Å²) in [5, 5.41) is 19.7. The molecule has 8 rings (SSSR count). The first-order chi connectivity index (χ1) is 27.3. The number of hydrogen-bond donors (Lipinski definition) is 1. The minimum Gasteiger partial charge on any atom is -0.512 e. The normalized spacial score (nSPS) is 11.9. The average molecular weight is 930 g/mol. The number of aromatic nitrogens is 2. The van der Waals surface area contributed by atoms with E-state index < -0.39 is 0 Å². The van der Waals surface area contributed by atoms with Gasteiger partial charge in [-0.2, -0.15) is 0 Å². The Hall–Kier alpha value is -5.09. The van der Waals surface area contributed by atoms with Crippen LogP contribution < -0.4 is 0 Å². The Morgan fingerprint density at radius 3 is 1.84 bits per heavy atom. The number of hydrogen-bond acceptors (Lipinski definition) is 3. The third-order valence-corrected chi connectivity index (χ3v) is 11.4. The Bertz CT molecular complexity index is 2640. The molecule has 4 nitrogen and oxygen atoms in total. The van der Waals surface area contributed by atoms with Gasteiger partial charge in [0.15, 0.2) is 5.78 Å². The van der Waals surface area contributed by atoms with Crippen molar-refractivity contribution in [3.8, 4) is 16.9 Å². The zero-order valence-corrected chi connectivity index (χ0v) is 36.4. The van der Waals surface area contributed by atoms with Gasteiger partial charge in [0.2, 0.25) is 0 Å². The van der Waals surface area contributed by atoms with E-state index in [0.29, 0.717) is 5.92 Å². The number of carbonyl (C=O) groups excluding carboxylic acids is 1. The molecular formula is C52H53IrN2O2-. The molecule has 6 aromatic carbocycles. The van der Waals surface area contributed by atoms with Crippen molar-refractivity contribution in [3.05, 3.63) is 145 Å². The molecule has 0 saturated carbocycles. The fourth-order valence-electron chi connectivity index (χ4n) is 8.37. The third kappa shape index (κ3) is 8.47. The predicted octanol–water partition coefficient (Wildman–Crippen LogP) is 14.2. The number of ketones is 1. The molecule has 0 atom stereocenters. The topological polar surface area (TPSA) is 55.1 Å². The van der Waals surface area contributed by atoms with Crippen molar-refractivity contribution < 1.29 is 30.0 Å². The summed E-state index contributed by atoms with van der Waals surface area (Å²) < 4.78 is 2.40. The van der Waals surface area contributed by atoms with Crippen LogP contribution in [0.2, 0.25) is 0 Å². The van der Waals surface area contributed by atoms with Crippen molar-refractivity contribution in [3.63, 3.8) is 0 Å². The van der Waals surface area contributed by atoms with Crippen LogP contribution in [0.15, 0.2) is 133 Å². The molecule has 57 heavy (non-hydrogen) atoms. The summed E-state index contributed by atoms with van der Waals surface area (Å²) in [6, 6.07) is 45.5. The fourth-order valence-corrected chi connectivity index (χ4v) is 8.37. The van der Waals surface area contributed by atoms with Gasteiger partial charge in [-0.3, -0.25) is 4.79 Å². The van der Waals surface area contributed by atoms with Gasteiger partial charge in [-0.15, -0.1) is 29.3 Å². The molecule has 293 valence electrons. The van der Waals surface area contributed by atoms with Gasteiger partial charge in [-0.25, -0.2) is 0 Å². The fraction of sp³-hybridized carbons (Fsp3) is 0.269. The Balaban J connectivity index is 0.000000295. The van der Waals surface area contributed by atoms with E-state index >= 15 is 0 Å². The van der Waals surface area contributed by atoms with Gasteiger partial charge in [0.1, 0.15) is 0 Å². The van der Waals surface area contributed by atoms with E-state index in [4.69, 9.17) is 4.98 Å². The molecule has 0 aliphatic heterocycles. The molecule has 1 N–H and O–H groups in total. The second-order valence-electron chi connectivity index (χ2n) is 15.4. The van der Waals surface area contributed by atoms with E-state index in [9.17, 15) is 9.90 Å². The van der Waals surface area contributed by atoms with Crippen LogP contribution in [0.3, 0.4) is 0 Å². The number of rotatable bonds is 11. The maximum absolute atomic E-state index is 11.7. The van der Waals surface area contributed by atoms with E-state index in [1.165, 1.54) is 60.4 Å². The number of para-hydroxylation sites is 2. The molecule has 0 amide bonds. The van der Waals surface area contributed by atoms with E-state index in [1.807, 2.05) is 33.9 Å². The zero-order chi connectivity index (χ0) is 39.3. The van der Waals surface area contributed by atoms with Crippen LogP contribution in [0.4, 0.5) is 0 Å². The van der Waals surface area contributed by atoms with Crippen LogP contribution in [0.5, 0.6) is 0 Å². The first-order valence-electron chi connectivity index (χ1n) is 20.4. The van der Waals surface area contributed by atoms with E-state index in [0.717, 1.165) is 54.4 Å². The Kier molecular flexibility index (Phi) is 13.4. The second-order valence-corrected chi connectivity index (χ2v) is 15.4. The quantitative estimate of drug-likeness (QED) is 0.0608. The molecule has 0 bridgehead atoms. The van der Waals surface area contributed by atoms with Crippen LogP contribution in [-0.2, 0) is 31.3 Å². The van der Waals surface area contributed by atoms with Crippen molar-refractivity contribution >= 4 is 59.9 Å². The smallest absolute Gasteiger partial charge is 0.162 e. The van der Waals surface area contributed by atoms with Crippen molar-refractivity contribution in [2.24, 2.45) is 17.8 Å². The molecule has 2 heterocycles. The van der Waals surface area contributed by atoms with Gasteiger partial charge in [-0.05, 0) is 99.9 Å². The summed E-state index contributed by atoms with van der Waals surface area (Å²) in [7, 11) is 0. The van der Waals surface area contributed by atoms with Crippen LogP contribution >= 0.6 is 0 Å². The number of nitrogens with zero attached hydrogens (tertiary/aromatic N) is 2. The molecule has 2 aromatic heterocycles. The Labute approximate surface area is 351 Å². The van der Waals surface area contributed by atoms with Crippen molar-refractivity contribution in [2.45, 2.75) is 73.6 Å². The summed E-state index contributed by atoms with van der Waals surface area (Å²) in [6.45, 7) is 12.6. The van der Waals surface area contributed by atoms with Crippen molar-refractivity contribution in [2.75, 3.05) is 0 Å². The molecule has 0 aliphatic carbocycles. The number of pyridine rings is 1. The summed E-state index contributed by atoms with van der Waals surface area (Å²) in [5.74, 6) is 1.07. The maximum Gasteiger partial charge on any atom is 0.162 e. The molecular weight excluding hydrogens is 877 g/mol. The van der Waals surface area contributed by atoms with Gasteiger partial charge in [0, 0.05) is 55.0 Å². The Morgan fingerprint density at radius 2 is 1.21 bits per heavy atom. The molecule has 0 spiro atoms. The minimum absolute atomic E-state index is 0. The SMILES string of the molecule is CC(C)Cc1[c-]c(-c2nccc3c2ccc2c4ccccc4ccc32)cc(-n2c3ccccc3c3ccccc32)c1.CCC(CC)C(=O)/C=C(\O)C(CC)CC.[Ir]. The van der Waals surface area contributed by atoms with E-state index in [2.05, 4.69) is 140 Å². The largest absolute Gasteiger partial charge is 0.512 e. The minimum atomic E-state index is 0.